The van der Waals surface area contributed by atoms with Crippen LogP contribution in [0.15, 0.2) is 21.3 Å². The summed E-state index contributed by atoms with van der Waals surface area (Å²) in [5.41, 5.74) is 2.73. The summed E-state index contributed by atoms with van der Waals surface area (Å²) in [6.45, 7) is 7.45. The molecule has 132 valence electrons. The van der Waals surface area contributed by atoms with Gasteiger partial charge in [-0.25, -0.2) is 4.98 Å². The van der Waals surface area contributed by atoms with Gasteiger partial charge in [0.25, 0.3) is 5.56 Å². The number of aromatic amines is 1. The van der Waals surface area contributed by atoms with Crippen molar-refractivity contribution in [3.8, 4) is 0 Å². The van der Waals surface area contributed by atoms with Crippen LogP contribution in [0.5, 0.6) is 0 Å². The molecule has 7 heteroatoms. The van der Waals surface area contributed by atoms with Crippen LogP contribution in [0.4, 0.5) is 0 Å². The number of carbonyl (C=O) groups is 1. The highest BCUT2D eigenvalue weighted by molar-refractivity contribution is 5.84. The number of nitrogens with zero attached hydrogens (tertiary/aromatic N) is 2. The predicted octanol–water partition coefficient (Wildman–Crippen LogP) is 2.20. The van der Waals surface area contributed by atoms with Crippen LogP contribution in [0.3, 0.4) is 0 Å². The van der Waals surface area contributed by atoms with Crippen molar-refractivity contribution in [3.05, 3.63) is 50.8 Å². The van der Waals surface area contributed by atoms with E-state index in [4.69, 9.17) is 4.42 Å². The van der Waals surface area contributed by atoms with E-state index in [1.807, 2.05) is 39.8 Å². The van der Waals surface area contributed by atoms with Gasteiger partial charge >= 0.3 is 0 Å². The zero-order valence-corrected chi connectivity index (χ0v) is 15.1. The molecule has 3 heterocycles. The van der Waals surface area contributed by atoms with Crippen LogP contribution in [-0.4, -0.2) is 20.7 Å². The molecule has 0 saturated heterocycles. The van der Waals surface area contributed by atoms with E-state index in [0.29, 0.717) is 16.8 Å². The van der Waals surface area contributed by atoms with Crippen LogP contribution >= 0.6 is 0 Å². The van der Waals surface area contributed by atoms with E-state index in [1.165, 1.54) is 0 Å². The normalized spacial score (nSPS) is 12.5. The van der Waals surface area contributed by atoms with Crippen LogP contribution in [0.25, 0.3) is 11.0 Å². The summed E-state index contributed by atoms with van der Waals surface area (Å²) >= 11 is 0. The zero-order valence-electron chi connectivity index (χ0n) is 15.1. The first-order chi connectivity index (χ1) is 11.8. The van der Waals surface area contributed by atoms with Crippen molar-refractivity contribution in [3.63, 3.8) is 0 Å². The number of H-pyrrole nitrogens is 1. The third-order valence-corrected chi connectivity index (χ3v) is 4.48. The van der Waals surface area contributed by atoms with E-state index in [-0.39, 0.29) is 23.9 Å². The molecule has 3 aromatic rings. The van der Waals surface area contributed by atoms with Crippen molar-refractivity contribution in [2.24, 2.45) is 7.05 Å². The summed E-state index contributed by atoms with van der Waals surface area (Å²) in [5, 5.41) is 6.17. The molecule has 7 nitrogen and oxygen atoms in total. The third kappa shape index (κ3) is 3.09. The van der Waals surface area contributed by atoms with E-state index in [1.54, 1.807) is 11.7 Å². The van der Waals surface area contributed by atoms with Crippen molar-refractivity contribution in [2.45, 2.75) is 40.2 Å². The van der Waals surface area contributed by atoms with Gasteiger partial charge in [-0.3, -0.25) is 19.4 Å². The van der Waals surface area contributed by atoms with Gasteiger partial charge < -0.3 is 9.73 Å². The van der Waals surface area contributed by atoms with Gasteiger partial charge in [0.05, 0.1) is 17.8 Å². The van der Waals surface area contributed by atoms with Crippen LogP contribution < -0.4 is 10.9 Å². The average molecular weight is 342 g/mol. The fourth-order valence-electron chi connectivity index (χ4n) is 3.12. The number of fused-ring (bicyclic) bond motifs is 1. The average Bonchev–Trinajstić information content (AvgIpc) is 3.07. The largest absolute Gasteiger partial charge is 0.464 e. The first-order valence-electron chi connectivity index (χ1n) is 8.18. The zero-order chi connectivity index (χ0) is 18.3. The number of amides is 1. The van der Waals surface area contributed by atoms with Crippen LogP contribution in [0.1, 0.15) is 41.3 Å². The quantitative estimate of drug-likeness (QED) is 0.760. The Kier molecular flexibility index (Phi) is 4.24. The van der Waals surface area contributed by atoms with Crippen LogP contribution in [0, 0.1) is 20.8 Å². The molecule has 0 saturated carbocycles. The van der Waals surface area contributed by atoms with Gasteiger partial charge in [0.1, 0.15) is 11.5 Å². The first kappa shape index (κ1) is 17.0. The molecule has 0 aromatic carbocycles. The first-order valence-corrected chi connectivity index (χ1v) is 8.18. The minimum Gasteiger partial charge on any atom is -0.464 e. The fourth-order valence-corrected chi connectivity index (χ4v) is 3.12. The number of nitrogens with one attached hydrogen (secondary N) is 2. The van der Waals surface area contributed by atoms with Crippen molar-refractivity contribution >= 4 is 16.9 Å². The maximum atomic E-state index is 12.5. The Hall–Kier alpha value is -2.83. The summed E-state index contributed by atoms with van der Waals surface area (Å²) in [6.07, 6.45) is 0.166. The number of aryl methyl sites for hydroxylation is 4. The minimum atomic E-state index is -0.223. The molecule has 0 aliphatic heterocycles. The van der Waals surface area contributed by atoms with E-state index >= 15 is 0 Å². The summed E-state index contributed by atoms with van der Waals surface area (Å²) in [6, 6.07) is 3.50. The Morgan fingerprint density at radius 2 is 2.08 bits per heavy atom. The van der Waals surface area contributed by atoms with Gasteiger partial charge in [0.15, 0.2) is 5.65 Å². The highest BCUT2D eigenvalue weighted by Gasteiger charge is 2.19. The van der Waals surface area contributed by atoms with E-state index in [0.717, 1.165) is 22.6 Å². The van der Waals surface area contributed by atoms with Gasteiger partial charge in [-0.05, 0) is 51.0 Å². The molecule has 0 unspecified atom stereocenters. The lowest BCUT2D eigenvalue weighted by atomic mass is 10.0. The minimum absolute atomic E-state index is 0.138. The van der Waals surface area contributed by atoms with E-state index in [2.05, 4.69) is 15.4 Å². The monoisotopic (exact) mass is 342 g/mol. The molecule has 3 aromatic heterocycles. The second kappa shape index (κ2) is 6.23. The number of furan rings is 1. The lowest BCUT2D eigenvalue weighted by Crippen LogP contribution is -2.28. The van der Waals surface area contributed by atoms with Crippen LogP contribution in [0.2, 0.25) is 0 Å². The van der Waals surface area contributed by atoms with Gasteiger partial charge in [-0.1, -0.05) is 0 Å². The lowest BCUT2D eigenvalue weighted by molar-refractivity contribution is -0.121. The molecule has 0 bridgehead atoms. The van der Waals surface area contributed by atoms with Gasteiger partial charge in [-0.2, -0.15) is 0 Å². The number of pyridine rings is 1. The molecule has 2 N–H and O–H groups in total. The summed E-state index contributed by atoms with van der Waals surface area (Å²) in [7, 11) is 1.75. The Labute approximate surface area is 145 Å². The highest BCUT2D eigenvalue weighted by atomic mass is 16.3. The Morgan fingerprint density at radius 3 is 2.72 bits per heavy atom. The molecule has 25 heavy (non-hydrogen) atoms. The predicted molar refractivity (Wildman–Crippen MR) is 94.5 cm³/mol. The Bertz CT molecular complexity index is 1010. The number of hydrogen-bond acceptors (Lipinski definition) is 4. The van der Waals surface area contributed by atoms with Crippen molar-refractivity contribution in [1.82, 2.24) is 20.1 Å². The van der Waals surface area contributed by atoms with Gasteiger partial charge in [-0.15, -0.1) is 0 Å². The molecule has 0 spiro atoms. The second-order valence-corrected chi connectivity index (χ2v) is 6.41. The standard InChI is InChI=1S/C18H22N4O3/c1-9-6-7-14(25-9)12(4)19-15(23)8-13-10(2)16-17(20-11(13)3)22(5)21-18(16)24/h6-7,12H,8H2,1-5H3,(H,19,23)(H,21,24)/t12-/m1/s1. The SMILES string of the molecule is Cc1ccc([C@@H](C)NC(=O)Cc2c(C)nc3c(c2C)c(=O)[nH]n3C)o1. The lowest BCUT2D eigenvalue weighted by Gasteiger charge is -2.14. The summed E-state index contributed by atoms with van der Waals surface area (Å²) < 4.78 is 7.14. The summed E-state index contributed by atoms with van der Waals surface area (Å²) in [4.78, 5) is 29.1. The van der Waals surface area contributed by atoms with E-state index in [9.17, 15) is 9.59 Å². The molecule has 0 aliphatic carbocycles. The number of carbonyl (C=O) groups excluding carboxylic acids is 1. The Morgan fingerprint density at radius 1 is 1.36 bits per heavy atom. The van der Waals surface area contributed by atoms with E-state index < -0.39 is 0 Å². The highest BCUT2D eigenvalue weighted by Crippen LogP contribution is 2.21. The van der Waals surface area contributed by atoms with Crippen molar-refractivity contribution in [1.29, 1.82) is 0 Å². The molecule has 3 rings (SSSR count). The third-order valence-electron chi connectivity index (χ3n) is 4.48. The summed E-state index contributed by atoms with van der Waals surface area (Å²) in [5.74, 6) is 1.38. The second-order valence-electron chi connectivity index (χ2n) is 6.41. The molecule has 1 amide bonds. The van der Waals surface area contributed by atoms with Crippen molar-refractivity contribution in [2.75, 3.05) is 0 Å². The maximum Gasteiger partial charge on any atom is 0.273 e. The number of rotatable bonds is 4. The van der Waals surface area contributed by atoms with Crippen molar-refractivity contribution < 1.29 is 9.21 Å². The van der Waals surface area contributed by atoms with Crippen LogP contribution in [-0.2, 0) is 18.3 Å². The maximum absolute atomic E-state index is 12.5. The smallest absolute Gasteiger partial charge is 0.273 e. The number of aromatic nitrogens is 3. The molecule has 0 radical (unpaired) electrons. The fraction of sp³-hybridized carbons (Fsp3) is 0.389. The van der Waals surface area contributed by atoms with Gasteiger partial charge in [0.2, 0.25) is 5.91 Å². The van der Waals surface area contributed by atoms with Gasteiger partial charge in [0, 0.05) is 12.7 Å². The Balaban J connectivity index is 1.86. The molecule has 0 aliphatic rings. The molecule has 1 atom stereocenters. The topological polar surface area (TPSA) is 92.9 Å². The molecular formula is C18H22N4O3. The number of hydrogen-bond donors (Lipinski definition) is 2. The molecule has 0 fully saturated rings. The molecular weight excluding hydrogens is 320 g/mol.